The van der Waals surface area contributed by atoms with Crippen molar-refractivity contribution in [3.8, 4) is 0 Å². The first-order valence-corrected chi connectivity index (χ1v) is 12.6. The van der Waals surface area contributed by atoms with Crippen LogP contribution >= 0.6 is 0 Å². The van der Waals surface area contributed by atoms with Crippen LogP contribution in [0.2, 0.25) is 0 Å². The molecule has 2 aromatic rings. The van der Waals surface area contributed by atoms with E-state index in [-0.39, 0.29) is 29.0 Å². The lowest BCUT2D eigenvalue weighted by molar-refractivity contribution is 0.0838. The Morgan fingerprint density at radius 3 is 2.45 bits per heavy atom. The molecule has 0 amide bonds. The molecule has 178 valence electrons. The maximum atomic E-state index is 13.1. The van der Waals surface area contributed by atoms with Crippen LogP contribution in [0.25, 0.3) is 0 Å². The van der Waals surface area contributed by atoms with Crippen molar-refractivity contribution in [3.05, 3.63) is 53.6 Å². The van der Waals surface area contributed by atoms with Gasteiger partial charge in [0.1, 0.15) is 16.4 Å². The number of piperidine rings is 1. The van der Waals surface area contributed by atoms with Gasteiger partial charge in [0.05, 0.1) is 12.2 Å². The summed E-state index contributed by atoms with van der Waals surface area (Å²) in [7, 11) is -2.09. The molecule has 0 radical (unpaired) electrons. The van der Waals surface area contributed by atoms with Crippen molar-refractivity contribution in [2.75, 3.05) is 33.2 Å². The highest BCUT2D eigenvalue weighted by molar-refractivity contribution is 7.89. The third-order valence-electron chi connectivity index (χ3n) is 6.59. The van der Waals surface area contributed by atoms with Gasteiger partial charge >= 0.3 is 0 Å². The summed E-state index contributed by atoms with van der Waals surface area (Å²) in [6.07, 6.45) is 5.11. The molecule has 1 saturated heterocycles. The maximum Gasteiger partial charge on any atom is 0.245 e. The normalized spacial score (nSPS) is 20.7. The van der Waals surface area contributed by atoms with Crippen LogP contribution in [0.4, 0.5) is 4.39 Å². The van der Waals surface area contributed by atoms with Crippen molar-refractivity contribution < 1.29 is 22.8 Å². The fourth-order valence-corrected chi connectivity index (χ4v) is 6.00. The van der Waals surface area contributed by atoms with Crippen LogP contribution in [-0.4, -0.2) is 72.1 Å². The number of likely N-dealkylation sites (N-methyl/N-ethyl adjacent to an activating group) is 1. The number of rotatable bonds is 7. The highest BCUT2D eigenvalue weighted by Crippen LogP contribution is 2.27. The molecule has 3 heterocycles. The number of hydrogen-bond donors (Lipinski definition) is 1. The van der Waals surface area contributed by atoms with Gasteiger partial charge in [0.2, 0.25) is 10.0 Å². The SMILES string of the molecule is CN1C/C(=N\O)c2c(ccn2CCCCN2CCC(C(=O)c3ccc(F)cc3)CC2)S1(=O)=O. The van der Waals surface area contributed by atoms with Crippen molar-refractivity contribution in [1.29, 1.82) is 0 Å². The van der Waals surface area contributed by atoms with Crippen molar-refractivity contribution in [1.82, 2.24) is 13.8 Å². The number of sulfonamides is 1. The van der Waals surface area contributed by atoms with Gasteiger partial charge < -0.3 is 14.7 Å². The third-order valence-corrected chi connectivity index (χ3v) is 8.43. The Balaban J connectivity index is 1.26. The number of unbranched alkanes of at least 4 members (excludes halogenated alkanes) is 1. The maximum absolute atomic E-state index is 13.1. The lowest BCUT2D eigenvalue weighted by atomic mass is 9.89. The second-order valence-electron chi connectivity index (χ2n) is 8.72. The third kappa shape index (κ3) is 4.87. The van der Waals surface area contributed by atoms with Crippen LogP contribution in [0.15, 0.2) is 46.6 Å². The minimum atomic E-state index is -3.56. The number of aromatic nitrogens is 1. The Hall–Kier alpha value is -2.56. The van der Waals surface area contributed by atoms with Crippen molar-refractivity contribution in [2.24, 2.45) is 11.1 Å². The fraction of sp³-hybridized carbons (Fsp3) is 0.478. The zero-order valence-electron chi connectivity index (χ0n) is 18.7. The fourth-order valence-electron chi connectivity index (χ4n) is 4.66. The van der Waals surface area contributed by atoms with Gasteiger partial charge in [-0.2, -0.15) is 4.31 Å². The number of carbonyl (C=O) groups excluding carboxylic acids is 1. The Kier molecular flexibility index (Phi) is 6.96. The number of likely N-dealkylation sites (tertiary alicyclic amines) is 1. The largest absolute Gasteiger partial charge is 0.411 e. The smallest absolute Gasteiger partial charge is 0.245 e. The topological polar surface area (TPSA) is 95.2 Å². The molecule has 4 rings (SSSR count). The van der Waals surface area contributed by atoms with Crippen LogP contribution in [0.5, 0.6) is 0 Å². The van der Waals surface area contributed by atoms with Crippen LogP contribution in [0.1, 0.15) is 41.7 Å². The summed E-state index contributed by atoms with van der Waals surface area (Å²) < 4.78 is 41.2. The molecule has 1 aromatic heterocycles. The zero-order chi connectivity index (χ0) is 23.6. The number of nitrogens with zero attached hydrogens (tertiary/aromatic N) is 4. The first-order chi connectivity index (χ1) is 15.8. The monoisotopic (exact) mass is 476 g/mol. The average Bonchev–Trinajstić information content (AvgIpc) is 3.25. The Morgan fingerprint density at radius 1 is 1.12 bits per heavy atom. The molecule has 0 aliphatic carbocycles. The Bertz CT molecular complexity index is 1140. The molecular weight excluding hydrogens is 447 g/mol. The minimum Gasteiger partial charge on any atom is -0.411 e. The number of fused-ring (bicyclic) bond motifs is 1. The summed E-state index contributed by atoms with van der Waals surface area (Å²) in [5.41, 5.74) is 1.39. The summed E-state index contributed by atoms with van der Waals surface area (Å²) in [5.74, 6) is -0.265. The van der Waals surface area contributed by atoms with Crippen molar-refractivity contribution >= 4 is 21.5 Å². The van der Waals surface area contributed by atoms with E-state index in [4.69, 9.17) is 0 Å². The highest BCUT2D eigenvalue weighted by Gasteiger charge is 2.35. The van der Waals surface area contributed by atoms with Crippen LogP contribution < -0.4 is 0 Å². The predicted molar refractivity (Wildman–Crippen MR) is 122 cm³/mol. The Morgan fingerprint density at radius 2 is 1.79 bits per heavy atom. The zero-order valence-corrected chi connectivity index (χ0v) is 19.5. The number of oxime groups is 1. The van der Waals surface area contributed by atoms with E-state index in [0.29, 0.717) is 23.5 Å². The summed E-state index contributed by atoms with van der Waals surface area (Å²) >= 11 is 0. The number of Topliss-reactive ketones (excluding diaryl/α,β-unsaturated/α-hetero) is 1. The molecule has 2 aliphatic rings. The van der Waals surface area contributed by atoms with Crippen LogP contribution in [0, 0.1) is 11.7 Å². The van der Waals surface area contributed by atoms with E-state index in [0.717, 1.165) is 45.3 Å². The van der Waals surface area contributed by atoms with Gasteiger partial charge in [0.25, 0.3) is 0 Å². The molecule has 0 unspecified atom stereocenters. The molecule has 0 saturated carbocycles. The lowest BCUT2D eigenvalue weighted by Crippen LogP contribution is -2.39. The number of aryl methyl sites for hydroxylation is 1. The first-order valence-electron chi connectivity index (χ1n) is 11.2. The molecule has 0 atom stereocenters. The highest BCUT2D eigenvalue weighted by atomic mass is 32.2. The minimum absolute atomic E-state index is 0.0191. The molecule has 1 N–H and O–H groups in total. The molecule has 10 heteroatoms. The van der Waals surface area contributed by atoms with E-state index in [1.54, 1.807) is 24.4 Å². The van der Waals surface area contributed by atoms with E-state index in [1.807, 2.05) is 4.57 Å². The van der Waals surface area contributed by atoms with E-state index in [9.17, 15) is 22.8 Å². The van der Waals surface area contributed by atoms with Crippen molar-refractivity contribution in [3.63, 3.8) is 0 Å². The van der Waals surface area contributed by atoms with Gasteiger partial charge in [-0.25, -0.2) is 12.8 Å². The predicted octanol–water partition coefficient (Wildman–Crippen LogP) is 2.81. The van der Waals surface area contributed by atoms with Gasteiger partial charge in [-0.1, -0.05) is 5.16 Å². The average molecular weight is 477 g/mol. The number of benzene rings is 1. The lowest BCUT2D eigenvalue weighted by Gasteiger charge is -2.31. The van der Waals surface area contributed by atoms with Gasteiger partial charge in [-0.3, -0.25) is 4.79 Å². The summed E-state index contributed by atoms with van der Waals surface area (Å²) in [6, 6.07) is 7.33. The van der Waals surface area contributed by atoms with Gasteiger partial charge in [-0.05, 0) is 75.6 Å². The van der Waals surface area contributed by atoms with E-state index >= 15 is 0 Å². The number of hydrogen-bond acceptors (Lipinski definition) is 6. The van der Waals surface area contributed by atoms with Crippen LogP contribution in [-0.2, 0) is 16.6 Å². The molecule has 2 aliphatic heterocycles. The molecule has 1 aromatic carbocycles. The van der Waals surface area contributed by atoms with E-state index in [1.165, 1.54) is 23.5 Å². The van der Waals surface area contributed by atoms with Gasteiger partial charge in [-0.15, -0.1) is 0 Å². The summed E-state index contributed by atoms with van der Waals surface area (Å²) in [6.45, 7) is 3.28. The first kappa shape index (κ1) is 23.6. The standard InChI is InChI=1S/C23H29FN4O4S/c1-26-16-20(25-30)22-21(33(26,31)32)10-15-28(22)12-3-2-11-27-13-8-18(9-14-27)23(29)17-4-6-19(24)7-5-17/h4-7,10,15,18,30H,2-3,8-9,11-14,16H2,1H3/b25-20+. The van der Waals surface area contributed by atoms with E-state index < -0.39 is 10.0 Å². The number of halogens is 1. The Labute approximate surface area is 193 Å². The molecule has 33 heavy (non-hydrogen) atoms. The quantitative estimate of drug-likeness (QED) is 0.287. The van der Waals surface area contributed by atoms with Gasteiger partial charge in [0, 0.05) is 31.3 Å². The molecular formula is C23H29FN4O4S. The van der Waals surface area contributed by atoms with E-state index in [2.05, 4.69) is 10.1 Å². The molecule has 8 nitrogen and oxygen atoms in total. The van der Waals surface area contributed by atoms with Crippen LogP contribution in [0.3, 0.4) is 0 Å². The molecule has 0 bridgehead atoms. The molecule has 1 fully saturated rings. The second kappa shape index (κ2) is 9.74. The summed E-state index contributed by atoms with van der Waals surface area (Å²) in [5, 5.41) is 12.7. The second-order valence-corrected chi connectivity index (χ2v) is 10.7. The summed E-state index contributed by atoms with van der Waals surface area (Å²) in [4.78, 5) is 15.2. The number of ketones is 1. The van der Waals surface area contributed by atoms with Crippen molar-refractivity contribution in [2.45, 2.75) is 37.1 Å². The number of carbonyl (C=O) groups is 1. The molecule has 0 spiro atoms. The van der Waals surface area contributed by atoms with Gasteiger partial charge in [0.15, 0.2) is 5.78 Å².